The SMILES string of the molecule is CN(Cc1ccccc1)C(=O)C1Cc2ccccc2N2CCN(c3ccccc3)CC12. The van der Waals surface area contributed by atoms with Gasteiger partial charge in [0.25, 0.3) is 0 Å². The van der Waals surface area contributed by atoms with E-state index < -0.39 is 0 Å². The number of piperazine rings is 1. The van der Waals surface area contributed by atoms with Crippen molar-refractivity contribution in [1.29, 1.82) is 0 Å². The quantitative estimate of drug-likeness (QED) is 0.643. The summed E-state index contributed by atoms with van der Waals surface area (Å²) in [5.41, 5.74) is 5.00. The molecule has 2 atom stereocenters. The molecule has 3 aromatic carbocycles. The Bertz CT molecular complexity index is 1040. The molecule has 0 N–H and O–H groups in total. The third-order valence-electron chi connectivity index (χ3n) is 6.70. The summed E-state index contributed by atoms with van der Waals surface area (Å²) < 4.78 is 0. The topological polar surface area (TPSA) is 26.8 Å². The molecule has 2 heterocycles. The molecule has 5 rings (SSSR count). The molecule has 0 aliphatic carbocycles. The smallest absolute Gasteiger partial charge is 0.228 e. The normalized spacial score (nSPS) is 20.0. The number of fused-ring (bicyclic) bond motifs is 3. The van der Waals surface area contributed by atoms with Crippen molar-refractivity contribution in [2.75, 3.05) is 36.5 Å². The minimum Gasteiger partial charge on any atom is -0.368 e. The van der Waals surface area contributed by atoms with Crippen molar-refractivity contribution in [3.8, 4) is 0 Å². The Morgan fingerprint density at radius 2 is 1.58 bits per heavy atom. The highest BCUT2D eigenvalue weighted by Gasteiger charge is 2.42. The first-order valence-electron chi connectivity index (χ1n) is 11.1. The van der Waals surface area contributed by atoms with Crippen LogP contribution in [0.3, 0.4) is 0 Å². The minimum absolute atomic E-state index is 0.0462. The molecule has 0 spiro atoms. The summed E-state index contributed by atoms with van der Waals surface area (Å²) in [7, 11) is 1.94. The van der Waals surface area contributed by atoms with Gasteiger partial charge in [-0.3, -0.25) is 4.79 Å². The lowest BCUT2D eigenvalue weighted by atomic mass is 9.83. The first-order valence-corrected chi connectivity index (χ1v) is 11.1. The Kier molecular flexibility index (Phi) is 5.37. The maximum absolute atomic E-state index is 13.7. The zero-order valence-electron chi connectivity index (χ0n) is 18.0. The van der Waals surface area contributed by atoms with Crippen LogP contribution in [0.15, 0.2) is 84.9 Å². The van der Waals surface area contributed by atoms with Crippen LogP contribution in [0.2, 0.25) is 0 Å². The molecule has 2 aliphatic rings. The number of rotatable bonds is 4. The first kappa shape index (κ1) is 19.7. The van der Waals surface area contributed by atoms with Gasteiger partial charge in [0, 0.05) is 44.6 Å². The summed E-state index contributed by atoms with van der Waals surface area (Å²) in [5.74, 6) is 0.193. The van der Waals surface area contributed by atoms with E-state index in [-0.39, 0.29) is 17.9 Å². The summed E-state index contributed by atoms with van der Waals surface area (Å²) in [4.78, 5) is 20.5. The average molecular weight is 412 g/mol. The number of nitrogens with zero attached hydrogens (tertiary/aromatic N) is 3. The Balaban J connectivity index is 1.43. The number of hydrogen-bond donors (Lipinski definition) is 0. The number of benzene rings is 3. The van der Waals surface area contributed by atoms with Crippen LogP contribution in [0.1, 0.15) is 11.1 Å². The van der Waals surface area contributed by atoms with Crippen molar-refractivity contribution in [2.45, 2.75) is 19.0 Å². The van der Waals surface area contributed by atoms with Crippen molar-refractivity contribution >= 4 is 17.3 Å². The Morgan fingerprint density at radius 3 is 2.35 bits per heavy atom. The molecule has 0 bridgehead atoms. The van der Waals surface area contributed by atoms with E-state index >= 15 is 0 Å². The maximum Gasteiger partial charge on any atom is 0.228 e. The van der Waals surface area contributed by atoms with E-state index in [0.29, 0.717) is 6.54 Å². The summed E-state index contributed by atoms with van der Waals surface area (Å²) >= 11 is 0. The van der Waals surface area contributed by atoms with Crippen LogP contribution in [-0.4, -0.2) is 43.5 Å². The molecule has 3 aromatic rings. The van der Waals surface area contributed by atoms with Crippen LogP contribution in [0.25, 0.3) is 0 Å². The maximum atomic E-state index is 13.7. The van der Waals surface area contributed by atoms with E-state index in [1.54, 1.807) is 0 Å². The van der Waals surface area contributed by atoms with Crippen molar-refractivity contribution in [2.24, 2.45) is 5.92 Å². The van der Waals surface area contributed by atoms with Crippen molar-refractivity contribution < 1.29 is 4.79 Å². The van der Waals surface area contributed by atoms with Crippen LogP contribution in [0.5, 0.6) is 0 Å². The summed E-state index contributed by atoms with van der Waals surface area (Å²) in [6.07, 6.45) is 0.804. The zero-order chi connectivity index (χ0) is 21.2. The minimum atomic E-state index is -0.0462. The van der Waals surface area contributed by atoms with E-state index in [4.69, 9.17) is 0 Å². The van der Waals surface area contributed by atoms with E-state index in [1.807, 2.05) is 30.1 Å². The first-order chi connectivity index (χ1) is 15.2. The second-order valence-electron chi connectivity index (χ2n) is 8.66. The lowest BCUT2D eigenvalue weighted by molar-refractivity contribution is -0.135. The lowest BCUT2D eigenvalue weighted by Gasteiger charge is -2.50. The number of hydrogen-bond acceptors (Lipinski definition) is 3. The van der Waals surface area contributed by atoms with Crippen LogP contribution >= 0.6 is 0 Å². The van der Waals surface area contributed by atoms with Crippen LogP contribution < -0.4 is 9.80 Å². The fraction of sp³-hybridized carbons (Fsp3) is 0.296. The Hall–Kier alpha value is -3.27. The fourth-order valence-corrected chi connectivity index (χ4v) is 5.13. The third-order valence-corrected chi connectivity index (χ3v) is 6.70. The van der Waals surface area contributed by atoms with Gasteiger partial charge in [-0.1, -0.05) is 66.7 Å². The highest BCUT2D eigenvalue weighted by atomic mass is 16.2. The molecule has 2 unspecified atom stereocenters. The standard InChI is InChI=1S/C27H29N3O/c1-28(19-21-10-4-2-5-11-21)27(31)24-18-22-12-8-9-15-25(22)30-17-16-29(20-26(24)30)23-13-6-3-7-14-23/h2-15,24,26H,16-20H2,1H3. The summed E-state index contributed by atoms with van der Waals surface area (Å²) in [5, 5.41) is 0. The number of para-hydroxylation sites is 2. The number of carbonyl (C=O) groups excluding carboxylic acids is 1. The molecule has 0 saturated carbocycles. The second kappa shape index (κ2) is 8.46. The highest BCUT2D eigenvalue weighted by molar-refractivity contribution is 5.82. The molecule has 31 heavy (non-hydrogen) atoms. The molecule has 158 valence electrons. The Labute approximate surface area is 184 Å². The van der Waals surface area contributed by atoms with Crippen molar-refractivity contribution in [3.05, 3.63) is 96.1 Å². The molecular weight excluding hydrogens is 382 g/mol. The molecular formula is C27H29N3O. The summed E-state index contributed by atoms with van der Waals surface area (Å²) in [6.45, 7) is 3.42. The van der Waals surface area contributed by atoms with E-state index in [9.17, 15) is 4.79 Å². The van der Waals surface area contributed by atoms with Crippen LogP contribution in [0.4, 0.5) is 11.4 Å². The van der Waals surface area contributed by atoms with Gasteiger partial charge in [0.2, 0.25) is 5.91 Å². The van der Waals surface area contributed by atoms with Gasteiger partial charge >= 0.3 is 0 Å². The van der Waals surface area contributed by atoms with Gasteiger partial charge in [-0.2, -0.15) is 0 Å². The van der Waals surface area contributed by atoms with Gasteiger partial charge in [-0.05, 0) is 35.7 Å². The van der Waals surface area contributed by atoms with E-state index in [1.165, 1.54) is 22.5 Å². The Morgan fingerprint density at radius 1 is 0.903 bits per heavy atom. The molecule has 4 heteroatoms. The van der Waals surface area contributed by atoms with Gasteiger partial charge in [-0.15, -0.1) is 0 Å². The van der Waals surface area contributed by atoms with Gasteiger partial charge in [0.05, 0.1) is 12.0 Å². The van der Waals surface area contributed by atoms with Gasteiger partial charge in [0.15, 0.2) is 0 Å². The fourth-order valence-electron chi connectivity index (χ4n) is 5.13. The van der Waals surface area contributed by atoms with Crippen LogP contribution in [-0.2, 0) is 17.8 Å². The van der Waals surface area contributed by atoms with E-state index in [2.05, 4.69) is 76.5 Å². The molecule has 4 nitrogen and oxygen atoms in total. The van der Waals surface area contributed by atoms with E-state index in [0.717, 1.165) is 26.1 Å². The molecule has 1 fully saturated rings. The predicted molar refractivity (Wildman–Crippen MR) is 126 cm³/mol. The largest absolute Gasteiger partial charge is 0.368 e. The van der Waals surface area contributed by atoms with Gasteiger partial charge in [0.1, 0.15) is 0 Å². The third kappa shape index (κ3) is 3.90. The average Bonchev–Trinajstić information content (AvgIpc) is 2.84. The number of carbonyl (C=O) groups is 1. The molecule has 1 saturated heterocycles. The monoisotopic (exact) mass is 411 g/mol. The zero-order valence-corrected chi connectivity index (χ0v) is 18.0. The molecule has 2 aliphatic heterocycles. The lowest BCUT2D eigenvalue weighted by Crippen LogP contribution is -2.61. The second-order valence-corrected chi connectivity index (χ2v) is 8.66. The van der Waals surface area contributed by atoms with Gasteiger partial charge < -0.3 is 14.7 Å². The van der Waals surface area contributed by atoms with Crippen molar-refractivity contribution in [3.63, 3.8) is 0 Å². The number of anilines is 2. The number of amides is 1. The predicted octanol–water partition coefficient (Wildman–Crippen LogP) is 4.21. The van der Waals surface area contributed by atoms with Crippen LogP contribution in [0, 0.1) is 5.92 Å². The van der Waals surface area contributed by atoms with Crippen molar-refractivity contribution in [1.82, 2.24) is 4.90 Å². The molecule has 1 amide bonds. The molecule has 0 radical (unpaired) electrons. The highest BCUT2D eigenvalue weighted by Crippen LogP contribution is 2.37. The summed E-state index contributed by atoms with van der Waals surface area (Å²) in [6, 6.07) is 29.6. The molecule has 0 aromatic heterocycles. The van der Waals surface area contributed by atoms with Gasteiger partial charge in [-0.25, -0.2) is 0 Å².